The maximum absolute atomic E-state index is 10.8. The summed E-state index contributed by atoms with van der Waals surface area (Å²) in [6, 6.07) is 0.199. The van der Waals surface area contributed by atoms with Crippen LogP contribution in [0.5, 0.6) is 6.01 Å². The van der Waals surface area contributed by atoms with Crippen molar-refractivity contribution >= 4 is 17.3 Å². The van der Waals surface area contributed by atoms with E-state index in [1.807, 2.05) is 6.92 Å². The molecule has 2 heterocycles. The zero-order valence-electron chi connectivity index (χ0n) is 10.6. The van der Waals surface area contributed by atoms with Crippen molar-refractivity contribution in [3.8, 4) is 6.01 Å². The number of aromatic carboxylic acids is 1. The van der Waals surface area contributed by atoms with Crippen molar-refractivity contribution in [2.24, 2.45) is 0 Å². The molecule has 0 aliphatic rings. The summed E-state index contributed by atoms with van der Waals surface area (Å²) < 4.78 is 5.41. The second-order valence-electron chi connectivity index (χ2n) is 3.92. The van der Waals surface area contributed by atoms with Crippen molar-refractivity contribution in [1.29, 1.82) is 0 Å². The van der Waals surface area contributed by atoms with E-state index >= 15 is 0 Å². The van der Waals surface area contributed by atoms with Crippen LogP contribution in [0, 0.1) is 13.8 Å². The Kier molecular flexibility index (Phi) is 4.06. The molecule has 100 valence electrons. The minimum Gasteiger partial charge on any atom is -0.478 e. The van der Waals surface area contributed by atoms with Gasteiger partial charge in [0.05, 0.1) is 29.1 Å². The molecule has 0 aliphatic carbocycles. The topological polar surface area (TPSA) is 85.2 Å². The Morgan fingerprint density at radius 1 is 1.37 bits per heavy atom. The predicted molar refractivity (Wildman–Crippen MR) is 69.8 cm³/mol. The average molecular weight is 279 g/mol. The fourth-order valence-electron chi connectivity index (χ4n) is 1.53. The molecule has 0 aliphatic heterocycles. The van der Waals surface area contributed by atoms with E-state index in [1.165, 1.54) is 11.1 Å². The van der Waals surface area contributed by atoms with E-state index in [1.54, 1.807) is 23.8 Å². The molecule has 0 aromatic carbocycles. The maximum atomic E-state index is 10.8. The summed E-state index contributed by atoms with van der Waals surface area (Å²) in [4.78, 5) is 24.0. The van der Waals surface area contributed by atoms with Crippen LogP contribution in [0.1, 0.15) is 26.6 Å². The Morgan fingerprint density at radius 3 is 2.74 bits per heavy atom. The first-order valence-corrected chi connectivity index (χ1v) is 6.54. The lowest BCUT2D eigenvalue weighted by Crippen LogP contribution is -2.08. The Labute approximate surface area is 114 Å². The molecule has 19 heavy (non-hydrogen) atoms. The third-order valence-corrected chi connectivity index (χ3v) is 3.59. The normalized spacial score (nSPS) is 10.4. The quantitative estimate of drug-likeness (QED) is 0.899. The van der Waals surface area contributed by atoms with Gasteiger partial charge in [-0.05, 0) is 13.8 Å². The summed E-state index contributed by atoms with van der Waals surface area (Å²) >= 11 is 1.58. The Balaban J connectivity index is 1.95. The summed E-state index contributed by atoms with van der Waals surface area (Å²) in [5.41, 5.74) is 3.29. The van der Waals surface area contributed by atoms with Crippen LogP contribution >= 0.6 is 11.3 Å². The lowest BCUT2D eigenvalue weighted by Gasteiger charge is -2.05. The van der Waals surface area contributed by atoms with Crippen molar-refractivity contribution in [1.82, 2.24) is 15.0 Å². The van der Waals surface area contributed by atoms with Gasteiger partial charge < -0.3 is 9.84 Å². The summed E-state index contributed by atoms with van der Waals surface area (Å²) in [6.07, 6.45) is 2.00. The molecule has 0 spiro atoms. The van der Waals surface area contributed by atoms with Gasteiger partial charge in [0.15, 0.2) is 0 Å². The van der Waals surface area contributed by atoms with Crippen LogP contribution in [0.25, 0.3) is 0 Å². The number of hydrogen-bond acceptors (Lipinski definition) is 6. The lowest BCUT2D eigenvalue weighted by atomic mass is 10.2. The summed E-state index contributed by atoms with van der Waals surface area (Å²) in [5, 5.41) is 8.86. The molecule has 6 nitrogen and oxygen atoms in total. The number of nitrogens with zero attached hydrogens (tertiary/aromatic N) is 3. The molecule has 1 N–H and O–H groups in total. The first-order valence-electron chi connectivity index (χ1n) is 5.66. The number of ether oxygens (including phenoxy) is 1. The number of aromatic nitrogens is 3. The molecule has 0 saturated heterocycles. The second-order valence-corrected chi connectivity index (χ2v) is 4.86. The van der Waals surface area contributed by atoms with E-state index in [2.05, 4.69) is 15.0 Å². The lowest BCUT2D eigenvalue weighted by molar-refractivity contribution is 0.0695. The molecule has 0 amide bonds. The van der Waals surface area contributed by atoms with E-state index in [0.29, 0.717) is 12.3 Å². The zero-order chi connectivity index (χ0) is 13.8. The molecule has 7 heteroatoms. The van der Waals surface area contributed by atoms with E-state index in [0.717, 1.165) is 12.1 Å². The van der Waals surface area contributed by atoms with Crippen LogP contribution in [0.3, 0.4) is 0 Å². The van der Waals surface area contributed by atoms with Gasteiger partial charge in [0.2, 0.25) is 0 Å². The molecule has 0 fully saturated rings. The van der Waals surface area contributed by atoms with Crippen molar-refractivity contribution in [2.45, 2.75) is 20.3 Å². The van der Waals surface area contributed by atoms with Crippen molar-refractivity contribution in [3.63, 3.8) is 0 Å². The Morgan fingerprint density at radius 2 is 2.16 bits per heavy atom. The van der Waals surface area contributed by atoms with Crippen LogP contribution in [0.2, 0.25) is 0 Å². The Hall–Kier alpha value is -2.02. The number of hydrogen-bond donors (Lipinski definition) is 1. The number of thiazole rings is 1. The van der Waals surface area contributed by atoms with Crippen molar-refractivity contribution in [3.05, 3.63) is 33.5 Å². The minimum atomic E-state index is -1.04. The summed E-state index contributed by atoms with van der Waals surface area (Å²) in [7, 11) is 0. The van der Waals surface area contributed by atoms with Crippen molar-refractivity contribution in [2.75, 3.05) is 6.61 Å². The first-order chi connectivity index (χ1) is 9.08. The Bertz CT molecular complexity index is 598. The average Bonchev–Trinajstić information content (AvgIpc) is 2.75. The fraction of sp³-hybridized carbons (Fsp3) is 0.333. The van der Waals surface area contributed by atoms with Gasteiger partial charge in [-0.2, -0.15) is 4.98 Å². The highest BCUT2D eigenvalue weighted by molar-refractivity contribution is 7.09. The van der Waals surface area contributed by atoms with Gasteiger partial charge in [-0.3, -0.25) is 0 Å². The number of carbonyl (C=O) groups is 1. The predicted octanol–water partition coefficient (Wildman–Crippen LogP) is 1.87. The third-order valence-electron chi connectivity index (χ3n) is 2.59. The van der Waals surface area contributed by atoms with Gasteiger partial charge in [0.25, 0.3) is 0 Å². The van der Waals surface area contributed by atoms with Crippen molar-refractivity contribution < 1.29 is 14.6 Å². The van der Waals surface area contributed by atoms with Crippen LogP contribution < -0.4 is 4.74 Å². The molecular formula is C12H13N3O3S. The molecule has 2 rings (SSSR count). The molecular weight excluding hydrogens is 266 g/mol. The number of rotatable bonds is 5. The van der Waals surface area contributed by atoms with E-state index in [4.69, 9.17) is 9.84 Å². The molecule has 0 atom stereocenters. The number of carboxylic acid groups (broad SMARTS) is 1. The highest BCUT2D eigenvalue weighted by Crippen LogP contribution is 2.14. The monoisotopic (exact) mass is 279 g/mol. The second kappa shape index (κ2) is 5.75. The van der Waals surface area contributed by atoms with Gasteiger partial charge in [-0.15, -0.1) is 11.3 Å². The van der Waals surface area contributed by atoms with Crippen LogP contribution in [0.4, 0.5) is 0 Å². The van der Waals surface area contributed by atoms with Crippen LogP contribution in [0.15, 0.2) is 11.7 Å². The van der Waals surface area contributed by atoms with Gasteiger partial charge in [0, 0.05) is 17.5 Å². The van der Waals surface area contributed by atoms with Crippen LogP contribution in [-0.4, -0.2) is 32.6 Å². The summed E-state index contributed by atoms with van der Waals surface area (Å²) in [5.74, 6) is -1.04. The smallest absolute Gasteiger partial charge is 0.339 e. The largest absolute Gasteiger partial charge is 0.478 e. The zero-order valence-corrected chi connectivity index (χ0v) is 11.4. The standard InChI is InChI=1S/C12H13N3O3S/c1-7-9(11(16)17)5-13-12(15-7)18-4-3-10-8(2)14-6-19-10/h5-6H,3-4H2,1-2H3,(H,16,17). The molecule has 0 radical (unpaired) electrons. The first kappa shape index (κ1) is 13.4. The molecule has 2 aromatic rings. The van der Waals surface area contributed by atoms with E-state index in [-0.39, 0.29) is 11.6 Å². The SMILES string of the molecule is Cc1nc(OCCc2scnc2C)ncc1C(=O)O. The third kappa shape index (κ3) is 3.25. The highest BCUT2D eigenvalue weighted by atomic mass is 32.1. The fourth-order valence-corrected chi connectivity index (χ4v) is 2.29. The minimum absolute atomic E-state index is 0.0886. The maximum Gasteiger partial charge on any atom is 0.339 e. The van der Waals surface area contributed by atoms with E-state index < -0.39 is 5.97 Å². The van der Waals surface area contributed by atoms with Gasteiger partial charge in [-0.1, -0.05) is 0 Å². The van der Waals surface area contributed by atoms with E-state index in [9.17, 15) is 4.79 Å². The van der Waals surface area contributed by atoms with Crippen LogP contribution in [-0.2, 0) is 6.42 Å². The molecule has 0 unspecified atom stereocenters. The molecule has 2 aromatic heterocycles. The summed E-state index contributed by atoms with van der Waals surface area (Å²) in [6.45, 7) is 4.01. The van der Waals surface area contributed by atoms with Gasteiger partial charge in [0.1, 0.15) is 0 Å². The highest BCUT2D eigenvalue weighted by Gasteiger charge is 2.10. The van der Waals surface area contributed by atoms with Gasteiger partial charge in [-0.25, -0.2) is 14.8 Å². The molecule has 0 bridgehead atoms. The molecule has 0 saturated carbocycles. The number of carboxylic acids is 1. The van der Waals surface area contributed by atoms with Gasteiger partial charge >= 0.3 is 12.0 Å². The number of aryl methyl sites for hydroxylation is 2.